The Balaban J connectivity index is 1.81. The number of benzene rings is 1. The number of thiol groups is 1. The van der Waals surface area contributed by atoms with Crippen molar-refractivity contribution in [2.45, 2.75) is 48.6 Å². The molecule has 0 spiro atoms. The average Bonchev–Trinajstić information content (AvgIpc) is 2.48. The van der Waals surface area contributed by atoms with E-state index in [0.29, 0.717) is 17.7 Å². The molecule has 110 valence electrons. The minimum absolute atomic E-state index is 0.0731. The fraction of sp³-hybridized carbons (Fsp3) is 0.562. The Labute approximate surface area is 131 Å². The first-order chi connectivity index (χ1) is 9.69. The quantitative estimate of drug-likeness (QED) is 0.817. The fourth-order valence-electron chi connectivity index (χ4n) is 2.72. The van der Waals surface area contributed by atoms with Crippen LogP contribution < -0.4 is 5.32 Å². The first-order valence-electron chi connectivity index (χ1n) is 7.24. The van der Waals surface area contributed by atoms with Crippen LogP contribution in [0.4, 0.5) is 0 Å². The van der Waals surface area contributed by atoms with Crippen LogP contribution in [-0.2, 0) is 11.2 Å². The van der Waals surface area contributed by atoms with Gasteiger partial charge in [0.05, 0.1) is 5.25 Å². The highest BCUT2D eigenvalue weighted by molar-refractivity contribution is 7.99. The van der Waals surface area contributed by atoms with Gasteiger partial charge in [-0.15, -0.1) is 0 Å². The molecule has 1 aliphatic rings. The summed E-state index contributed by atoms with van der Waals surface area (Å²) in [5, 5.41) is 3.61. The van der Waals surface area contributed by atoms with Crippen LogP contribution in [0.15, 0.2) is 30.3 Å². The molecule has 1 fully saturated rings. The van der Waals surface area contributed by atoms with E-state index >= 15 is 0 Å². The van der Waals surface area contributed by atoms with Gasteiger partial charge in [0.2, 0.25) is 5.91 Å². The van der Waals surface area contributed by atoms with E-state index in [1.165, 1.54) is 12.8 Å². The number of amides is 1. The van der Waals surface area contributed by atoms with E-state index in [4.69, 9.17) is 0 Å². The molecule has 3 unspecified atom stereocenters. The summed E-state index contributed by atoms with van der Waals surface area (Å²) in [5.74, 6) is 0.0731. The first kappa shape index (κ1) is 15.8. The van der Waals surface area contributed by atoms with Crippen LogP contribution in [0, 0.1) is 0 Å². The summed E-state index contributed by atoms with van der Waals surface area (Å²) in [6.07, 6.45) is 7.54. The van der Waals surface area contributed by atoms with Crippen molar-refractivity contribution in [2.75, 3.05) is 6.26 Å². The highest BCUT2D eigenvalue weighted by atomic mass is 32.2. The van der Waals surface area contributed by atoms with E-state index in [9.17, 15) is 4.79 Å². The summed E-state index contributed by atoms with van der Waals surface area (Å²) < 4.78 is 0. The minimum atomic E-state index is -0.257. The summed E-state index contributed by atoms with van der Waals surface area (Å²) >= 11 is 6.38. The lowest BCUT2D eigenvalue weighted by molar-refractivity contribution is -0.121. The molecule has 1 aromatic carbocycles. The van der Waals surface area contributed by atoms with Gasteiger partial charge in [-0.05, 0) is 37.5 Å². The molecule has 20 heavy (non-hydrogen) atoms. The number of hydrogen-bond donors (Lipinski definition) is 2. The van der Waals surface area contributed by atoms with Crippen molar-refractivity contribution < 1.29 is 4.79 Å². The molecule has 4 heteroatoms. The maximum absolute atomic E-state index is 12.2. The van der Waals surface area contributed by atoms with Crippen molar-refractivity contribution in [1.29, 1.82) is 0 Å². The zero-order chi connectivity index (χ0) is 14.4. The van der Waals surface area contributed by atoms with Crippen LogP contribution in [0.25, 0.3) is 0 Å². The normalized spacial score (nSPS) is 24.1. The maximum atomic E-state index is 12.2. The third kappa shape index (κ3) is 4.74. The highest BCUT2D eigenvalue weighted by Crippen LogP contribution is 2.27. The molecule has 0 saturated heterocycles. The topological polar surface area (TPSA) is 29.1 Å². The molecule has 2 nitrogen and oxygen atoms in total. The summed E-state index contributed by atoms with van der Waals surface area (Å²) in [4.78, 5) is 12.2. The lowest BCUT2D eigenvalue weighted by Crippen LogP contribution is -2.43. The average molecular weight is 310 g/mol. The van der Waals surface area contributed by atoms with Crippen molar-refractivity contribution in [3.05, 3.63) is 35.9 Å². The zero-order valence-electron chi connectivity index (χ0n) is 11.9. The van der Waals surface area contributed by atoms with Crippen molar-refractivity contribution in [3.8, 4) is 0 Å². The van der Waals surface area contributed by atoms with E-state index in [2.05, 4.69) is 24.2 Å². The standard InChI is InChI=1S/C16H23NOS2/c1-20-14-9-5-8-13(11-14)17-16(18)15(19)10-12-6-3-2-4-7-12/h2-4,6-7,13-15,19H,5,8-11H2,1H3,(H,17,18). The molecule has 0 aliphatic heterocycles. The van der Waals surface area contributed by atoms with Crippen LogP contribution in [0.5, 0.6) is 0 Å². The highest BCUT2D eigenvalue weighted by Gasteiger charge is 2.24. The second kappa shape index (κ2) is 7.99. The van der Waals surface area contributed by atoms with Crippen molar-refractivity contribution >= 4 is 30.3 Å². The zero-order valence-corrected chi connectivity index (χ0v) is 13.6. The monoisotopic (exact) mass is 309 g/mol. The van der Waals surface area contributed by atoms with Crippen LogP contribution in [0.2, 0.25) is 0 Å². The van der Waals surface area contributed by atoms with Crippen molar-refractivity contribution in [3.63, 3.8) is 0 Å². The predicted molar refractivity (Wildman–Crippen MR) is 90.6 cm³/mol. The van der Waals surface area contributed by atoms with Gasteiger partial charge < -0.3 is 5.32 Å². The van der Waals surface area contributed by atoms with Gasteiger partial charge in [-0.25, -0.2) is 0 Å². The van der Waals surface area contributed by atoms with Crippen LogP contribution >= 0.6 is 24.4 Å². The van der Waals surface area contributed by atoms with E-state index < -0.39 is 0 Å². The molecule has 1 saturated carbocycles. The largest absolute Gasteiger partial charge is 0.352 e. The van der Waals surface area contributed by atoms with Gasteiger partial charge in [-0.1, -0.05) is 36.8 Å². The Kier molecular flexibility index (Phi) is 6.30. The first-order valence-corrected chi connectivity index (χ1v) is 9.04. The predicted octanol–water partition coefficient (Wildman–Crippen LogP) is 3.32. The smallest absolute Gasteiger partial charge is 0.233 e. The summed E-state index contributed by atoms with van der Waals surface area (Å²) in [6.45, 7) is 0. The number of nitrogens with one attached hydrogen (secondary N) is 1. The van der Waals surface area contributed by atoms with Crippen LogP contribution in [-0.4, -0.2) is 28.7 Å². The SMILES string of the molecule is CSC1CCCC(NC(=O)C(S)Cc2ccccc2)C1. The Bertz CT molecular complexity index is 424. The second-order valence-corrected chi connectivity index (χ2v) is 7.20. The fourth-order valence-corrected chi connectivity index (χ4v) is 3.83. The maximum Gasteiger partial charge on any atom is 0.233 e. The van der Waals surface area contributed by atoms with Crippen molar-refractivity contribution in [1.82, 2.24) is 5.32 Å². The van der Waals surface area contributed by atoms with Gasteiger partial charge >= 0.3 is 0 Å². The lowest BCUT2D eigenvalue weighted by atomic mass is 9.94. The summed E-state index contributed by atoms with van der Waals surface area (Å²) in [7, 11) is 0. The molecule has 0 bridgehead atoms. The molecule has 0 heterocycles. The van der Waals surface area contributed by atoms with Crippen LogP contribution in [0.1, 0.15) is 31.2 Å². The Morgan fingerprint density at radius 2 is 2.15 bits per heavy atom. The Morgan fingerprint density at radius 1 is 1.40 bits per heavy atom. The number of carbonyl (C=O) groups is 1. The van der Waals surface area contributed by atoms with Gasteiger partial charge in [-0.3, -0.25) is 4.79 Å². The number of rotatable bonds is 5. The Hall–Kier alpha value is -0.610. The number of hydrogen-bond acceptors (Lipinski definition) is 3. The molecule has 1 N–H and O–H groups in total. The molecule has 2 rings (SSSR count). The molecular formula is C16H23NOS2. The van der Waals surface area contributed by atoms with E-state index in [1.807, 2.05) is 42.1 Å². The van der Waals surface area contributed by atoms with Gasteiger partial charge in [0.1, 0.15) is 0 Å². The summed E-state index contributed by atoms with van der Waals surface area (Å²) in [6, 6.07) is 10.4. The third-order valence-corrected chi connectivity index (χ3v) is 5.39. The molecular weight excluding hydrogens is 286 g/mol. The minimum Gasteiger partial charge on any atom is -0.352 e. The molecule has 3 atom stereocenters. The Morgan fingerprint density at radius 3 is 2.85 bits per heavy atom. The van der Waals surface area contributed by atoms with Gasteiger partial charge in [0.25, 0.3) is 0 Å². The second-order valence-electron chi connectivity index (χ2n) is 5.44. The molecule has 1 amide bonds. The summed E-state index contributed by atoms with van der Waals surface area (Å²) in [5.41, 5.74) is 1.16. The van der Waals surface area contributed by atoms with Gasteiger partial charge in [0.15, 0.2) is 0 Å². The number of carbonyl (C=O) groups excluding carboxylic acids is 1. The molecule has 0 radical (unpaired) electrons. The van der Waals surface area contributed by atoms with E-state index in [-0.39, 0.29) is 11.2 Å². The molecule has 1 aliphatic carbocycles. The van der Waals surface area contributed by atoms with Gasteiger partial charge in [-0.2, -0.15) is 24.4 Å². The molecule has 0 aromatic heterocycles. The van der Waals surface area contributed by atoms with E-state index in [1.54, 1.807) is 0 Å². The molecule has 1 aromatic rings. The van der Waals surface area contributed by atoms with Crippen LogP contribution in [0.3, 0.4) is 0 Å². The van der Waals surface area contributed by atoms with Crippen molar-refractivity contribution in [2.24, 2.45) is 0 Å². The van der Waals surface area contributed by atoms with E-state index in [0.717, 1.165) is 18.4 Å². The van der Waals surface area contributed by atoms with Gasteiger partial charge in [0, 0.05) is 11.3 Å². The third-order valence-electron chi connectivity index (χ3n) is 3.88. The lowest BCUT2D eigenvalue weighted by Gasteiger charge is -2.29. The number of thioether (sulfide) groups is 1.